The molecule has 0 saturated heterocycles. The molecule has 1 atom stereocenters. The van der Waals surface area contributed by atoms with E-state index in [1.54, 1.807) is 6.07 Å². The van der Waals surface area contributed by atoms with E-state index in [-0.39, 0.29) is 40.2 Å². The molecule has 0 aliphatic rings. The third kappa shape index (κ3) is 6.73. The van der Waals surface area contributed by atoms with Crippen LogP contribution in [-0.2, 0) is 0 Å². The number of aromatic nitrogens is 4. The molecule has 0 fully saturated rings. The Morgan fingerprint density at radius 3 is 2.15 bits per heavy atom. The maximum Gasteiger partial charge on any atom is 0.253 e. The topological polar surface area (TPSA) is 164 Å². The van der Waals surface area contributed by atoms with E-state index in [0.29, 0.717) is 0 Å². The minimum Gasteiger partial charge on any atom is -0.471 e. The molecule has 2 aromatic rings. The van der Waals surface area contributed by atoms with E-state index < -0.39 is 0 Å². The quantitative estimate of drug-likeness (QED) is 0.782. The second-order valence-corrected chi connectivity index (χ2v) is 5.66. The molecule has 0 aromatic carbocycles. The summed E-state index contributed by atoms with van der Waals surface area (Å²) in [4.78, 5) is 17.0. The predicted octanol–water partition coefficient (Wildman–Crippen LogP) is 0.843. The second kappa shape index (κ2) is 9.93. The maximum absolute atomic E-state index is 8.82. The van der Waals surface area contributed by atoms with Gasteiger partial charge in [0, 0.05) is 6.54 Å². The fourth-order valence-electron chi connectivity index (χ4n) is 1.74. The van der Waals surface area contributed by atoms with Crippen molar-refractivity contribution in [1.29, 1.82) is 10.5 Å². The second-order valence-electron chi connectivity index (χ2n) is 5.30. The summed E-state index contributed by atoms with van der Waals surface area (Å²) in [5.74, 6) is 0.645. The van der Waals surface area contributed by atoms with Crippen LogP contribution in [-0.4, -0.2) is 51.6 Å². The number of hydrogen-bond acceptors (Lipinski definition) is 10. The van der Waals surface area contributed by atoms with Crippen molar-refractivity contribution in [3.05, 3.63) is 28.9 Å². The highest BCUT2D eigenvalue weighted by Gasteiger charge is 2.12. The van der Waals surface area contributed by atoms with Crippen molar-refractivity contribution in [3.8, 4) is 18.0 Å². The van der Waals surface area contributed by atoms with Gasteiger partial charge in [-0.15, -0.1) is 0 Å². The third-order valence-electron chi connectivity index (χ3n) is 2.65. The van der Waals surface area contributed by atoms with Crippen molar-refractivity contribution in [3.63, 3.8) is 0 Å². The predicted molar refractivity (Wildman–Crippen MR) is 96.0 cm³/mol. The smallest absolute Gasteiger partial charge is 0.253 e. The highest BCUT2D eigenvalue weighted by Crippen LogP contribution is 2.15. The first-order valence-electron chi connectivity index (χ1n) is 7.29. The molecule has 0 bridgehead atoms. The number of anilines is 2. The molecule has 136 valence electrons. The van der Waals surface area contributed by atoms with Gasteiger partial charge >= 0.3 is 0 Å². The van der Waals surface area contributed by atoms with Crippen LogP contribution in [0, 0.1) is 22.7 Å². The molecule has 0 spiro atoms. The molecule has 4 N–H and O–H groups in total. The van der Waals surface area contributed by atoms with Crippen LogP contribution in [0.25, 0.3) is 0 Å². The summed E-state index contributed by atoms with van der Waals surface area (Å²) < 4.78 is 5.51. The summed E-state index contributed by atoms with van der Waals surface area (Å²) in [5.41, 5.74) is 10.9. The number of nitrogens with two attached hydrogens (primary N) is 2. The average Bonchev–Trinajstić information content (AvgIpc) is 2.55. The van der Waals surface area contributed by atoms with Crippen LogP contribution in [0.5, 0.6) is 5.88 Å². The molecule has 0 aliphatic heterocycles. The highest BCUT2D eigenvalue weighted by molar-refractivity contribution is 6.30. The Labute approximate surface area is 156 Å². The Kier molecular flexibility index (Phi) is 7.96. The molecule has 2 rings (SSSR count). The van der Waals surface area contributed by atoms with Crippen LogP contribution in [0.15, 0.2) is 12.4 Å². The SMILES string of the molecule is CC(CN(C)C)Oc1nc(N)cnc1C#N.N#Cc1ncc(N)nc1Cl. The molecule has 0 aliphatic carbocycles. The zero-order chi connectivity index (χ0) is 19.7. The van der Waals surface area contributed by atoms with Crippen molar-refractivity contribution in [1.82, 2.24) is 24.8 Å². The first kappa shape index (κ1) is 20.8. The highest BCUT2D eigenvalue weighted by atomic mass is 35.5. The van der Waals surface area contributed by atoms with Crippen LogP contribution < -0.4 is 16.2 Å². The Morgan fingerprint density at radius 2 is 1.65 bits per heavy atom. The van der Waals surface area contributed by atoms with Gasteiger partial charge in [0.1, 0.15) is 29.9 Å². The molecular formula is C15H18ClN9O. The average molecular weight is 376 g/mol. The number of nitriles is 2. The Bertz CT molecular complexity index is 829. The number of nitrogens with zero attached hydrogens (tertiary/aromatic N) is 7. The number of halogens is 1. The lowest BCUT2D eigenvalue weighted by Crippen LogP contribution is -2.28. The molecule has 26 heavy (non-hydrogen) atoms. The van der Waals surface area contributed by atoms with Crippen molar-refractivity contribution in [2.45, 2.75) is 13.0 Å². The van der Waals surface area contributed by atoms with Crippen LogP contribution in [0.1, 0.15) is 18.3 Å². The van der Waals surface area contributed by atoms with E-state index in [1.165, 1.54) is 12.4 Å². The van der Waals surface area contributed by atoms with E-state index >= 15 is 0 Å². The van der Waals surface area contributed by atoms with E-state index in [4.69, 9.17) is 38.3 Å². The van der Waals surface area contributed by atoms with Gasteiger partial charge in [0.05, 0.1) is 12.4 Å². The summed E-state index contributed by atoms with van der Waals surface area (Å²) in [6, 6.07) is 3.68. The van der Waals surface area contributed by atoms with Gasteiger partial charge in [0.2, 0.25) is 5.69 Å². The lowest BCUT2D eigenvalue weighted by atomic mass is 10.4. The summed E-state index contributed by atoms with van der Waals surface area (Å²) >= 11 is 5.45. The summed E-state index contributed by atoms with van der Waals surface area (Å²) in [7, 11) is 3.88. The van der Waals surface area contributed by atoms with Gasteiger partial charge < -0.3 is 21.1 Å². The van der Waals surface area contributed by atoms with Gasteiger partial charge in [-0.25, -0.2) is 15.0 Å². The van der Waals surface area contributed by atoms with E-state index in [2.05, 4.69) is 19.9 Å². The van der Waals surface area contributed by atoms with Crippen molar-refractivity contribution < 1.29 is 4.74 Å². The number of nitrogen functional groups attached to an aromatic ring is 2. The minimum absolute atomic E-state index is 0.0440. The molecular weight excluding hydrogens is 358 g/mol. The van der Waals surface area contributed by atoms with Gasteiger partial charge in [-0.05, 0) is 21.0 Å². The summed E-state index contributed by atoms with van der Waals surface area (Å²) in [6.07, 6.45) is 2.53. The molecule has 0 amide bonds. The number of hydrogen-bond donors (Lipinski definition) is 2. The zero-order valence-corrected chi connectivity index (χ0v) is 15.3. The van der Waals surface area contributed by atoms with E-state index in [0.717, 1.165) is 6.54 Å². The molecule has 0 radical (unpaired) electrons. The Balaban J connectivity index is 0.000000289. The standard InChI is InChI=1S/C10H15N5O.C5H3ClN4/c1-7(6-15(2)3)16-10-8(4-11)13-5-9(12)14-10;6-5-3(1-7)9-2-4(8)10-5/h5,7H,6H2,1-3H3,(H2,12,14);2H,(H2,8,10). The number of rotatable bonds is 4. The van der Waals surface area contributed by atoms with Gasteiger partial charge in [-0.2, -0.15) is 15.5 Å². The van der Waals surface area contributed by atoms with Crippen molar-refractivity contribution >= 4 is 23.2 Å². The van der Waals surface area contributed by atoms with Crippen LogP contribution >= 0.6 is 11.6 Å². The summed E-state index contributed by atoms with van der Waals surface area (Å²) in [5, 5.41) is 17.2. The van der Waals surface area contributed by atoms with Gasteiger partial charge in [0.25, 0.3) is 5.88 Å². The molecule has 1 unspecified atom stereocenters. The zero-order valence-electron chi connectivity index (χ0n) is 14.5. The molecule has 0 saturated carbocycles. The Hall–Kier alpha value is -3.21. The normalized spacial score (nSPS) is 10.9. The molecule has 11 heteroatoms. The first-order chi connectivity index (χ1) is 12.3. The lowest BCUT2D eigenvalue weighted by Gasteiger charge is -2.18. The van der Waals surface area contributed by atoms with E-state index in [1.807, 2.05) is 32.0 Å². The lowest BCUT2D eigenvalue weighted by molar-refractivity contribution is 0.169. The number of ether oxygens (including phenoxy) is 1. The third-order valence-corrected chi connectivity index (χ3v) is 2.92. The molecule has 2 aromatic heterocycles. The largest absolute Gasteiger partial charge is 0.471 e. The molecule has 2 heterocycles. The van der Waals surface area contributed by atoms with Gasteiger partial charge in [-0.3, -0.25) is 0 Å². The minimum atomic E-state index is -0.0850. The fourth-order valence-corrected chi connectivity index (χ4v) is 1.93. The van der Waals surface area contributed by atoms with E-state index in [9.17, 15) is 0 Å². The maximum atomic E-state index is 8.82. The van der Waals surface area contributed by atoms with Crippen molar-refractivity contribution in [2.75, 3.05) is 32.1 Å². The van der Waals surface area contributed by atoms with Gasteiger partial charge in [0.15, 0.2) is 10.8 Å². The van der Waals surface area contributed by atoms with Crippen LogP contribution in [0.2, 0.25) is 5.15 Å². The molecule has 10 nitrogen and oxygen atoms in total. The van der Waals surface area contributed by atoms with Crippen LogP contribution in [0.3, 0.4) is 0 Å². The first-order valence-corrected chi connectivity index (χ1v) is 7.66. The van der Waals surface area contributed by atoms with Crippen molar-refractivity contribution in [2.24, 2.45) is 0 Å². The van der Waals surface area contributed by atoms with Gasteiger partial charge in [-0.1, -0.05) is 11.6 Å². The Morgan fingerprint density at radius 1 is 1.12 bits per heavy atom. The summed E-state index contributed by atoms with van der Waals surface area (Å²) in [6.45, 7) is 2.62. The monoisotopic (exact) mass is 375 g/mol. The van der Waals surface area contributed by atoms with Crippen LogP contribution in [0.4, 0.5) is 11.6 Å². The number of likely N-dealkylation sites (N-methyl/N-ethyl adjacent to an activating group) is 1. The fraction of sp³-hybridized carbons (Fsp3) is 0.333.